The number of hydrogen-bond acceptors (Lipinski definition) is 2. The first-order valence-electron chi connectivity index (χ1n) is 6.30. The minimum Gasteiger partial charge on any atom is -0.199 e. The standard InChI is InChI=1S/C11H23ClN2O2S/c1-10(9-12)11(2)13-17(15,16)14-7-5-3-4-6-8-14/h10-11,13H,3-9H2,1-2H3. The number of nitrogens with one attached hydrogen (secondary N) is 1. The highest BCUT2D eigenvalue weighted by Crippen LogP contribution is 2.14. The van der Waals surface area contributed by atoms with Crippen molar-refractivity contribution in [2.45, 2.75) is 45.6 Å². The molecule has 1 rings (SSSR count). The maximum Gasteiger partial charge on any atom is 0.279 e. The summed E-state index contributed by atoms with van der Waals surface area (Å²) in [6, 6.07) is -0.124. The van der Waals surface area contributed by atoms with Gasteiger partial charge in [0.2, 0.25) is 0 Å². The maximum atomic E-state index is 12.1. The first-order valence-corrected chi connectivity index (χ1v) is 8.28. The van der Waals surface area contributed by atoms with Crippen molar-refractivity contribution in [1.82, 2.24) is 9.03 Å². The van der Waals surface area contributed by atoms with E-state index in [4.69, 9.17) is 11.6 Å². The van der Waals surface area contributed by atoms with Crippen LogP contribution in [-0.4, -0.2) is 37.7 Å². The number of hydrogen-bond donors (Lipinski definition) is 1. The molecule has 1 heterocycles. The van der Waals surface area contributed by atoms with Crippen LogP contribution >= 0.6 is 11.6 Å². The van der Waals surface area contributed by atoms with Crippen LogP contribution in [0.1, 0.15) is 39.5 Å². The number of alkyl halides is 1. The quantitative estimate of drug-likeness (QED) is 0.784. The molecule has 1 N–H and O–H groups in total. The second kappa shape index (κ2) is 6.92. The molecule has 4 nitrogen and oxygen atoms in total. The molecule has 1 saturated heterocycles. The van der Waals surface area contributed by atoms with Crippen LogP contribution in [0.25, 0.3) is 0 Å². The van der Waals surface area contributed by atoms with E-state index >= 15 is 0 Å². The highest BCUT2D eigenvalue weighted by molar-refractivity contribution is 7.87. The molecule has 0 radical (unpaired) electrons. The van der Waals surface area contributed by atoms with E-state index in [1.54, 1.807) is 4.31 Å². The zero-order chi connectivity index (χ0) is 12.9. The highest BCUT2D eigenvalue weighted by atomic mass is 35.5. The summed E-state index contributed by atoms with van der Waals surface area (Å²) in [6.45, 7) is 5.08. The Morgan fingerprint density at radius 3 is 2.18 bits per heavy atom. The molecule has 0 bridgehead atoms. The SMILES string of the molecule is CC(CCl)C(C)NS(=O)(=O)N1CCCCCC1. The average molecular weight is 283 g/mol. The molecule has 0 aromatic carbocycles. The Bertz CT molecular complexity index is 313. The molecule has 17 heavy (non-hydrogen) atoms. The van der Waals surface area contributed by atoms with Gasteiger partial charge in [0.1, 0.15) is 0 Å². The predicted molar refractivity (Wildman–Crippen MR) is 71.4 cm³/mol. The fourth-order valence-corrected chi connectivity index (χ4v) is 3.70. The van der Waals surface area contributed by atoms with Crippen LogP contribution in [0, 0.1) is 5.92 Å². The lowest BCUT2D eigenvalue weighted by molar-refractivity contribution is 0.396. The van der Waals surface area contributed by atoms with Gasteiger partial charge in [-0.05, 0) is 25.7 Å². The van der Waals surface area contributed by atoms with Gasteiger partial charge in [-0.1, -0.05) is 19.8 Å². The lowest BCUT2D eigenvalue weighted by Crippen LogP contribution is -2.47. The second-order valence-corrected chi connectivity index (χ2v) is 6.87. The second-order valence-electron chi connectivity index (χ2n) is 4.86. The predicted octanol–water partition coefficient (Wildman–Crippen LogP) is 1.96. The van der Waals surface area contributed by atoms with E-state index in [0.29, 0.717) is 19.0 Å². The van der Waals surface area contributed by atoms with Crippen LogP contribution in [0.4, 0.5) is 0 Å². The summed E-state index contributed by atoms with van der Waals surface area (Å²) >= 11 is 5.74. The van der Waals surface area contributed by atoms with Crippen LogP contribution in [0.15, 0.2) is 0 Å². The molecule has 0 spiro atoms. The Balaban J connectivity index is 2.60. The third kappa shape index (κ3) is 4.73. The van der Waals surface area contributed by atoms with Gasteiger partial charge in [-0.2, -0.15) is 17.4 Å². The van der Waals surface area contributed by atoms with E-state index in [-0.39, 0.29) is 12.0 Å². The van der Waals surface area contributed by atoms with E-state index in [9.17, 15) is 8.42 Å². The van der Waals surface area contributed by atoms with Crippen molar-refractivity contribution in [2.75, 3.05) is 19.0 Å². The van der Waals surface area contributed by atoms with Crippen molar-refractivity contribution in [2.24, 2.45) is 5.92 Å². The van der Waals surface area contributed by atoms with Gasteiger partial charge in [-0.15, -0.1) is 11.6 Å². The van der Waals surface area contributed by atoms with Gasteiger partial charge in [0.05, 0.1) is 0 Å². The third-order valence-electron chi connectivity index (χ3n) is 3.34. The van der Waals surface area contributed by atoms with E-state index < -0.39 is 10.2 Å². The largest absolute Gasteiger partial charge is 0.279 e. The van der Waals surface area contributed by atoms with Crippen molar-refractivity contribution in [3.63, 3.8) is 0 Å². The van der Waals surface area contributed by atoms with Crippen molar-refractivity contribution in [3.05, 3.63) is 0 Å². The monoisotopic (exact) mass is 282 g/mol. The Labute approximate surface area is 110 Å². The smallest absolute Gasteiger partial charge is 0.199 e. The fraction of sp³-hybridized carbons (Fsp3) is 1.00. The Kier molecular flexibility index (Phi) is 6.20. The summed E-state index contributed by atoms with van der Waals surface area (Å²) in [6.07, 6.45) is 4.17. The molecule has 1 aliphatic rings. The van der Waals surface area contributed by atoms with Crippen LogP contribution in [0.2, 0.25) is 0 Å². The molecular formula is C11H23ClN2O2S. The van der Waals surface area contributed by atoms with E-state index in [2.05, 4.69) is 4.72 Å². The number of halogens is 1. The summed E-state index contributed by atoms with van der Waals surface area (Å²) in [7, 11) is -3.34. The van der Waals surface area contributed by atoms with Gasteiger partial charge in [0.25, 0.3) is 10.2 Å². The van der Waals surface area contributed by atoms with Crippen molar-refractivity contribution >= 4 is 21.8 Å². The topological polar surface area (TPSA) is 49.4 Å². The van der Waals surface area contributed by atoms with E-state index in [0.717, 1.165) is 25.7 Å². The number of rotatable bonds is 5. The minimum absolute atomic E-state index is 0.124. The first-order chi connectivity index (χ1) is 7.97. The summed E-state index contributed by atoms with van der Waals surface area (Å²) in [5.74, 6) is 0.599. The lowest BCUT2D eigenvalue weighted by Gasteiger charge is -2.25. The van der Waals surface area contributed by atoms with Crippen molar-refractivity contribution in [1.29, 1.82) is 0 Å². The van der Waals surface area contributed by atoms with Gasteiger partial charge in [0.15, 0.2) is 0 Å². The normalized spacial score (nSPS) is 23.0. The maximum absolute atomic E-state index is 12.1. The molecule has 0 saturated carbocycles. The first kappa shape index (κ1) is 15.2. The fourth-order valence-electron chi connectivity index (χ4n) is 1.84. The number of nitrogens with zero attached hydrogens (tertiary/aromatic N) is 1. The minimum atomic E-state index is -3.34. The van der Waals surface area contributed by atoms with Crippen molar-refractivity contribution in [3.8, 4) is 0 Å². The van der Waals surface area contributed by atoms with Gasteiger partial charge in [0, 0.05) is 25.0 Å². The van der Waals surface area contributed by atoms with Crippen molar-refractivity contribution < 1.29 is 8.42 Å². The zero-order valence-corrected chi connectivity index (χ0v) is 12.2. The summed E-state index contributed by atoms with van der Waals surface area (Å²) in [4.78, 5) is 0. The van der Waals surface area contributed by atoms with Crippen LogP contribution in [-0.2, 0) is 10.2 Å². The molecule has 0 aromatic rings. The van der Waals surface area contributed by atoms with Gasteiger partial charge in [-0.3, -0.25) is 0 Å². The molecular weight excluding hydrogens is 260 g/mol. The van der Waals surface area contributed by atoms with Gasteiger partial charge >= 0.3 is 0 Å². The van der Waals surface area contributed by atoms with E-state index in [1.807, 2.05) is 13.8 Å². The van der Waals surface area contributed by atoms with Gasteiger partial charge < -0.3 is 0 Å². The summed E-state index contributed by atoms with van der Waals surface area (Å²) < 4.78 is 28.6. The molecule has 0 amide bonds. The Morgan fingerprint density at radius 2 is 1.71 bits per heavy atom. The van der Waals surface area contributed by atoms with Crippen LogP contribution in [0.3, 0.4) is 0 Å². The molecule has 1 fully saturated rings. The Hall–Kier alpha value is 0.160. The average Bonchev–Trinajstić information content (AvgIpc) is 2.56. The van der Waals surface area contributed by atoms with Crippen LogP contribution < -0.4 is 4.72 Å². The Morgan fingerprint density at radius 1 is 1.18 bits per heavy atom. The van der Waals surface area contributed by atoms with E-state index in [1.165, 1.54) is 0 Å². The van der Waals surface area contributed by atoms with Gasteiger partial charge in [-0.25, -0.2) is 0 Å². The molecule has 6 heteroatoms. The molecule has 102 valence electrons. The molecule has 2 atom stereocenters. The summed E-state index contributed by atoms with van der Waals surface area (Å²) in [5.41, 5.74) is 0. The van der Waals surface area contributed by atoms with Crippen LogP contribution in [0.5, 0.6) is 0 Å². The molecule has 2 unspecified atom stereocenters. The third-order valence-corrected chi connectivity index (χ3v) is 5.54. The lowest BCUT2D eigenvalue weighted by atomic mass is 10.1. The summed E-state index contributed by atoms with van der Waals surface area (Å²) in [5, 5.41) is 0. The molecule has 0 aliphatic carbocycles. The zero-order valence-electron chi connectivity index (χ0n) is 10.7. The molecule has 1 aliphatic heterocycles. The highest BCUT2D eigenvalue weighted by Gasteiger charge is 2.26. The molecule has 0 aromatic heterocycles.